The average Bonchev–Trinajstić information content (AvgIpc) is 2.89. The van der Waals surface area contributed by atoms with E-state index in [-0.39, 0.29) is 17.0 Å². The van der Waals surface area contributed by atoms with Gasteiger partial charge in [-0.1, -0.05) is 0 Å². The number of alkyl halides is 6. The van der Waals surface area contributed by atoms with Gasteiger partial charge in [-0.05, 0) is 59.2 Å². The molecule has 14 heteroatoms. The van der Waals surface area contributed by atoms with Crippen LogP contribution in [-0.4, -0.2) is 83.2 Å². The Morgan fingerprint density at radius 1 is 1.03 bits per heavy atom. The van der Waals surface area contributed by atoms with Crippen LogP contribution in [0.15, 0.2) is 0 Å². The lowest BCUT2D eigenvalue weighted by Crippen LogP contribution is -2.52. The Balaban J connectivity index is 0.000000324. The Bertz CT molecular complexity index is 682. The quantitative estimate of drug-likeness (QED) is 0.377. The molecule has 0 radical (unpaired) electrons. The lowest BCUT2D eigenvalue weighted by molar-refractivity contribution is -0.193. The van der Waals surface area contributed by atoms with E-state index in [1.807, 2.05) is 13.8 Å². The number of rotatable bonds is 1. The molecule has 3 saturated heterocycles. The molecule has 8 nitrogen and oxygen atoms in total. The van der Waals surface area contributed by atoms with Crippen LogP contribution < -0.4 is 5.32 Å². The summed E-state index contributed by atoms with van der Waals surface area (Å²) in [6.07, 6.45) is -4.70. The zero-order valence-electron chi connectivity index (χ0n) is 18.2. The highest BCUT2D eigenvalue weighted by molar-refractivity contribution is 5.80. The first-order valence-electron chi connectivity index (χ1n) is 10.2. The standard InChI is InChI=1S/C15H26N2O2.2C2HF3O2/c1-14(2)10-15(13(18)19-14)6-3-9-17(11-15)12-4-7-16-8-5-12;2*3-2(4,5)1(6)7/h12,16H,3-11H2,1-2H3;2*(H,6,7). The van der Waals surface area contributed by atoms with E-state index in [9.17, 15) is 31.1 Å². The Kier molecular flexibility index (Phi) is 9.55. The SMILES string of the molecule is CC1(C)CC2(CCCN(C3CCNCC3)C2)C(=O)O1.O=C(O)C(F)(F)F.O=C(O)C(F)(F)F. The van der Waals surface area contributed by atoms with Gasteiger partial charge in [0, 0.05) is 19.0 Å². The van der Waals surface area contributed by atoms with Crippen molar-refractivity contribution in [2.75, 3.05) is 26.2 Å². The number of piperidine rings is 2. The summed E-state index contributed by atoms with van der Waals surface area (Å²) in [5.74, 6) is -5.46. The Labute approximate surface area is 186 Å². The van der Waals surface area contributed by atoms with Crippen molar-refractivity contribution in [3.8, 4) is 0 Å². The molecule has 0 aromatic rings. The molecule has 3 N–H and O–H groups in total. The van der Waals surface area contributed by atoms with Gasteiger partial charge in [0.15, 0.2) is 0 Å². The van der Waals surface area contributed by atoms with Crippen molar-refractivity contribution >= 4 is 17.9 Å². The molecule has 3 aliphatic rings. The number of hydrogen-bond donors (Lipinski definition) is 3. The maximum Gasteiger partial charge on any atom is 0.490 e. The first kappa shape index (κ1) is 28.9. The van der Waals surface area contributed by atoms with Gasteiger partial charge >= 0.3 is 30.3 Å². The third-order valence-electron chi connectivity index (χ3n) is 5.48. The van der Waals surface area contributed by atoms with Crippen LogP contribution >= 0.6 is 0 Å². The molecular weight excluding hydrogens is 466 g/mol. The predicted molar refractivity (Wildman–Crippen MR) is 101 cm³/mol. The normalized spacial score (nSPS) is 25.9. The van der Waals surface area contributed by atoms with Crippen LogP contribution in [0.3, 0.4) is 0 Å². The van der Waals surface area contributed by atoms with Gasteiger partial charge in [0.25, 0.3) is 0 Å². The molecule has 33 heavy (non-hydrogen) atoms. The molecule has 3 heterocycles. The number of likely N-dealkylation sites (tertiary alicyclic amines) is 1. The third-order valence-corrected chi connectivity index (χ3v) is 5.48. The first-order valence-corrected chi connectivity index (χ1v) is 10.2. The van der Waals surface area contributed by atoms with Gasteiger partial charge in [-0.3, -0.25) is 9.69 Å². The molecule has 0 saturated carbocycles. The van der Waals surface area contributed by atoms with E-state index in [1.54, 1.807) is 0 Å². The third kappa shape index (κ3) is 8.99. The van der Waals surface area contributed by atoms with Crippen LogP contribution in [0, 0.1) is 5.41 Å². The van der Waals surface area contributed by atoms with Crippen LogP contribution in [0.1, 0.15) is 46.0 Å². The summed E-state index contributed by atoms with van der Waals surface area (Å²) in [7, 11) is 0. The van der Waals surface area contributed by atoms with E-state index in [0.717, 1.165) is 45.4 Å². The molecule has 1 atom stereocenters. The molecule has 1 unspecified atom stereocenters. The molecule has 1 spiro atoms. The van der Waals surface area contributed by atoms with Crippen LogP contribution in [0.25, 0.3) is 0 Å². The summed E-state index contributed by atoms with van der Waals surface area (Å²) in [5.41, 5.74) is -0.485. The lowest BCUT2D eigenvalue weighted by Gasteiger charge is -2.43. The Morgan fingerprint density at radius 2 is 1.48 bits per heavy atom. The van der Waals surface area contributed by atoms with Crippen molar-refractivity contribution in [3.05, 3.63) is 0 Å². The molecule has 0 aromatic carbocycles. The van der Waals surface area contributed by atoms with Crippen LogP contribution in [0.5, 0.6) is 0 Å². The van der Waals surface area contributed by atoms with Gasteiger partial charge in [0.05, 0.1) is 5.41 Å². The lowest BCUT2D eigenvalue weighted by atomic mass is 9.74. The summed E-state index contributed by atoms with van der Waals surface area (Å²) < 4.78 is 69.1. The second kappa shape index (κ2) is 10.9. The average molecular weight is 494 g/mol. The van der Waals surface area contributed by atoms with Gasteiger partial charge in [-0.2, -0.15) is 26.3 Å². The number of hydrogen-bond acceptors (Lipinski definition) is 6. The monoisotopic (exact) mass is 494 g/mol. The summed E-state index contributed by atoms with van der Waals surface area (Å²) in [5, 5.41) is 17.7. The van der Waals surface area contributed by atoms with Crippen molar-refractivity contribution in [2.45, 2.75) is 69.9 Å². The predicted octanol–water partition coefficient (Wildman–Crippen LogP) is 2.81. The van der Waals surface area contributed by atoms with Crippen molar-refractivity contribution in [1.82, 2.24) is 10.2 Å². The molecule has 3 fully saturated rings. The van der Waals surface area contributed by atoms with E-state index in [0.29, 0.717) is 6.04 Å². The number of esters is 1. The highest BCUT2D eigenvalue weighted by atomic mass is 19.4. The highest BCUT2D eigenvalue weighted by Gasteiger charge is 2.54. The van der Waals surface area contributed by atoms with Crippen molar-refractivity contribution in [2.24, 2.45) is 5.41 Å². The molecule has 192 valence electrons. The van der Waals surface area contributed by atoms with Crippen molar-refractivity contribution in [3.63, 3.8) is 0 Å². The number of ether oxygens (including phenoxy) is 1. The number of halogens is 6. The van der Waals surface area contributed by atoms with Crippen molar-refractivity contribution in [1.29, 1.82) is 0 Å². The summed E-state index contributed by atoms with van der Waals surface area (Å²) in [6, 6.07) is 0.662. The maximum atomic E-state index is 12.3. The molecule has 3 aliphatic heterocycles. The minimum absolute atomic E-state index is 0.0520. The number of carbonyl (C=O) groups excluding carboxylic acids is 1. The number of aliphatic carboxylic acids is 2. The smallest absolute Gasteiger partial charge is 0.475 e. The van der Waals surface area contributed by atoms with Gasteiger partial charge in [-0.25, -0.2) is 9.59 Å². The number of nitrogens with zero attached hydrogens (tertiary/aromatic N) is 1. The van der Waals surface area contributed by atoms with Gasteiger partial charge in [0.2, 0.25) is 0 Å². The van der Waals surface area contributed by atoms with Crippen LogP contribution in [-0.2, 0) is 19.1 Å². The number of carbonyl (C=O) groups is 3. The first-order chi connectivity index (χ1) is 14.9. The molecule has 3 rings (SSSR count). The van der Waals surface area contributed by atoms with Gasteiger partial charge in [-0.15, -0.1) is 0 Å². The minimum Gasteiger partial charge on any atom is -0.475 e. The summed E-state index contributed by atoms with van der Waals surface area (Å²) in [4.78, 5) is 32.7. The fourth-order valence-corrected chi connectivity index (χ4v) is 4.24. The van der Waals surface area contributed by atoms with E-state index >= 15 is 0 Å². The fraction of sp³-hybridized carbons (Fsp3) is 0.842. The maximum absolute atomic E-state index is 12.3. The number of carboxylic acid groups (broad SMARTS) is 2. The van der Waals surface area contributed by atoms with E-state index < -0.39 is 24.3 Å². The molecule has 0 aromatic heterocycles. The van der Waals surface area contributed by atoms with E-state index in [1.165, 1.54) is 12.8 Å². The summed E-state index contributed by atoms with van der Waals surface area (Å²) >= 11 is 0. The minimum atomic E-state index is -5.08. The molecule has 0 bridgehead atoms. The highest BCUT2D eigenvalue weighted by Crippen LogP contribution is 2.46. The number of nitrogens with one attached hydrogen (secondary N) is 1. The molecule has 0 amide bonds. The Morgan fingerprint density at radius 3 is 1.85 bits per heavy atom. The van der Waals surface area contributed by atoms with Crippen molar-refractivity contribution < 1.29 is 55.7 Å². The van der Waals surface area contributed by atoms with E-state index in [4.69, 9.17) is 24.5 Å². The summed E-state index contributed by atoms with van der Waals surface area (Å²) in [6.45, 7) is 8.39. The second-order valence-electron chi connectivity index (χ2n) is 8.77. The van der Waals surface area contributed by atoms with E-state index in [2.05, 4.69) is 10.2 Å². The number of cyclic esters (lactones) is 1. The Hall–Kier alpha value is -2.09. The molecular formula is C19H28F6N2O6. The van der Waals surface area contributed by atoms with Gasteiger partial charge in [0.1, 0.15) is 5.60 Å². The van der Waals surface area contributed by atoms with Crippen LogP contribution in [0.2, 0.25) is 0 Å². The fourth-order valence-electron chi connectivity index (χ4n) is 4.24. The van der Waals surface area contributed by atoms with Crippen LogP contribution in [0.4, 0.5) is 26.3 Å². The number of carboxylic acids is 2. The largest absolute Gasteiger partial charge is 0.490 e. The zero-order chi connectivity index (χ0) is 25.7. The topological polar surface area (TPSA) is 116 Å². The zero-order valence-corrected chi connectivity index (χ0v) is 18.2. The molecule has 0 aliphatic carbocycles. The van der Waals surface area contributed by atoms with Gasteiger partial charge < -0.3 is 20.3 Å². The second-order valence-corrected chi connectivity index (χ2v) is 8.77.